The fraction of sp³-hybridized carbons (Fsp3) is 0.250. The van der Waals surface area contributed by atoms with E-state index in [4.69, 9.17) is 17.3 Å². The number of nitrogens with one attached hydrogen (secondary N) is 1. The maximum absolute atomic E-state index is 12.1. The first-order valence-corrected chi connectivity index (χ1v) is 7.16. The molecule has 1 unspecified atom stereocenters. The fourth-order valence-corrected chi connectivity index (χ4v) is 2.11. The lowest BCUT2D eigenvalue weighted by molar-refractivity contribution is -0.117. The number of halogens is 1. The van der Waals surface area contributed by atoms with E-state index < -0.39 is 6.04 Å². The summed E-state index contributed by atoms with van der Waals surface area (Å²) in [5, 5.41) is 3.00. The lowest BCUT2D eigenvalue weighted by Crippen LogP contribution is -2.36. The second kappa shape index (κ2) is 7.20. The predicted octanol–water partition coefficient (Wildman–Crippen LogP) is 2.94. The van der Waals surface area contributed by atoms with Crippen molar-refractivity contribution in [3.8, 4) is 0 Å². The molecule has 0 saturated heterocycles. The Morgan fingerprint density at radius 1 is 1.38 bits per heavy atom. The van der Waals surface area contributed by atoms with Crippen LogP contribution in [0, 0.1) is 6.92 Å². The topological polar surface area (TPSA) is 68.0 Å². The van der Waals surface area contributed by atoms with Gasteiger partial charge in [-0.1, -0.05) is 41.9 Å². The minimum atomic E-state index is -0.582. The Bertz CT molecular complexity index is 616. The van der Waals surface area contributed by atoms with Gasteiger partial charge in [-0.25, -0.2) is 4.98 Å². The lowest BCUT2D eigenvalue weighted by atomic mass is 10.1. The van der Waals surface area contributed by atoms with Crippen molar-refractivity contribution in [1.29, 1.82) is 0 Å². The van der Waals surface area contributed by atoms with Gasteiger partial charge in [0.2, 0.25) is 5.91 Å². The second-order valence-corrected chi connectivity index (χ2v) is 5.33. The number of carbonyl (C=O) groups is 1. The molecule has 0 fully saturated rings. The molecule has 21 heavy (non-hydrogen) atoms. The summed E-state index contributed by atoms with van der Waals surface area (Å²) in [5.41, 5.74) is 8.51. The van der Waals surface area contributed by atoms with Gasteiger partial charge in [0.15, 0.2) is 5.15 Å². The molecule has 2 rings (SSSR count). The third kappa shape index (κ3) is 4.55. The third-order valence-corrected chi connectivity index (χ3v) is 3.46. The van der Waals surface area contributed by atoms with E-state index in [2.05, 4.69) is 10.3 Å². The van der Waals surface area contributed by atoms with Gasteiger partial charge in [-0.05, 0) is 37.0 Å². The molecule has 3 N–H and O–H groups in total. The molecule has 0 aliphatic heterocycles. The van der Waals surface area contributed by atoms with E-state index >= 15 is 0 Å². The highest BCUT2D eigenvalue weighted by atomic mass is 35.5. The van der Waals surface area contributed by atoms with Gasteiger partial charge in [-0.15, -0.1) is 0 Å². The Balaban J connectivity index is 1.92. The van der Waals surface area contributed by atoms with E-state index in [-0.39, 0.29) is 11.1 Å². The van der Waals surface area contributed by atoms with E-state index in [0.717, 1.165) is 17.5 Å². The molecule has 1 heterocycles. The number of aromatic nitrogens is 1. The first kappa shape index (κ1) is 15.5. The number of carbonyl (C=O) groups excluding carboxylic acids is 1. The van der Waals surface area contributed by atoms with Crippen molar-refractivity contribution in [2.75, 3.05) is 5.32 Å². The number of nitrogens with two attached hydrogens (primary N) is 1. The van der Waals surface area contributed by atoms with E-state index in [1.165, 1.54) is 0 Å². The summed E-state index contributed by atoms with van der Waals surface area (Å²) in [6.45, 7) is 1.88. The minimum Gasteiger partial charge on any atom is -0.322 e. The number of anilines is 1. The molecule has 1 aromatic heterocycles. The molecule has 1 aromatic carbocycles. The third-order valence-electron chi connectivity index (χ3n) is 3.16. The van der Waals surface area contributed by atoms with E-state index in [1.807, 2.05) is 37.3 Å². The monoisotopic (exact) mass is 303 g/mol. The van der Waals surface area contributed by atoms with E-state index in [0.29, 0.717) is 12.1 Å². The van der Waals surface area contributed by atoms with Crippen molar-refractivity contribution in [2.45, 2.75) is 25.8 Å². The highest BCUT2D eigenvalue weighted by Gasteiger charge is 2.15. The van der Waals surface area contributed by atoms with Crippen LogP contribution in [-0.2, 0) is 11.2 Å². The van der Waals surface area contributed by atoms with Crippen LogP contribution in [0.25, 0.3) is 0 Å². The Labute approximate surface area is 129 Å². The quantitative estimate of drug-likeness (QED) is 0.835. The fourth-order valence-electron chi connectivity index (χ4n) is 1.96. The van der Waals surface area contributed by atoms with E-state index in [1.54, 1.807) is 12.3 Å². The normalized spacial score (nSPS) is 12.0. The lowest BCUT2D eigenvalue weighted by Gasteiger charge is -2.13. The van der Waals surface area contributed by atoms with Crippen LogP contribution in [0.4, 0.5) is 5.69 Å². The minimum absolute atomic E-state index is 0.250. The van der Waals surface area contributed by atoms with Gasteiger partial charge in [0.05, 0.1) is 11.7 Å². The average Bonchev–Trinajstić information content (AvgIpc) is 2.49. The number of benzene rings is 1. The molecule has 0 radical (unpaired) electrons. The number of amides is 1. The van der Waals surface area contributed by atoms with Crippen LogP contribution in [-0.4, -0.2) is 16.9 Å². The zero-order chi connectivity index (χ0) is 15.2. The largest absolute Gasteiger partial charge is 0.322 e. The SMILES string of the molecule is Cc1cnc(Cl)c(NC(=O)C(N)CCc2ccccc2)c1. The van der Waals surface area contributed by atoms with Crippen LogP contribution in [0.2, 0.25) is 5.15 Å². The first-order valence-electron chi connectivity index (χ1n) is 6.79. The summed E-state index contributed by atoms with van der Waals surface area (Å²) >= 11 is 5.95. The molecule has 110 valence electrons. The number of aryl methyl sites for hydroxylation is 2. The molecule has 0 aliphatic carbocycles. The first-order chi connectivity index (χ1) is 10.1. The smallest absolute Gasteiger partial charge is 0.241 e. The van der Waals surface area contributed by atoms with E-state index in [9.17, 15) is 4.79 Å². The predicted molar refractivity (Wildman–Crippen MR) is 85.4 cm³/mol. The molecule has 0 saturated carbocycles. The van der Waals surface area contributed by atoms with Gasteiger partial charge >= 0.3 is 0 Å². The standard InChI is InChI=1S/C16H18ClN3O/c1-11-9-14(15(17)19-10-11)20-16(21)13(18)8-7-12-5-3-2-4-6-12/h2-6,9-10,13H,7-8,18H2,1H3,(H,20,21). The summed E-state index contributed by atoms with van der Waals surface area (Å²) < 4.78 is 0. The molecule has 0 aliphatic rings. The average molecular weight is 304 g/mol. The summed E-state index contributed by atoms with van der Waals surface area (Å²) in [6, 6.07) is 11.1. The Morgan fingerprint density at radius 2 is 2.10 bits per heavy atom. The summed E-state index contributed by atoms with van der Waals surface area (Å²) in [5.74, 6) is -0.250. The summed E-state index contributed by atoms with van der Waals surface area (Å²) in [7, 11) is 0. The van der Waals surface area contributed by atoms with Crippen molar-refractivity contribution in [1.82, 2.24) is 4.98 Å². The van der Waals surface area contributed by atoms with Crippen LogP contribution in [0.1, 0.15) is 17.5 Å². The molecule has 0 bridgehead atoms. The molecule has 4 nitrogen and oxygen atoms in total. The van der Waals surface area contributed by atoms with Gasteiger partial charge in [-0.3, -0.25) is 4.79 Å². The Hall–Kier alpha value is -1.91. The van der Waals surface area contributed by atoms with Crippen LogP contribution in [0.5, 0.6) is 0 Å². The zero-order valence-corrected chi connectivity index (χ0v) is 12.6. The highest BCUT2D eigenvalue weighted by molar-refractivity contribution is 6.32. The maximum atomic E-state index is 12.1. The Morgan fingerprint density at radius 3 is 2.81 bits per heavy atom. The van der Waals surface area contributed by atoms with Gasteiger partial charge in [0.25, 0.3) is 0 Å². The summed E-state index contributed by atoms with van der Waals surface area (Å²) in [6.07, 6.45) is 2.98. The number of hydrogen-bond acceptors (Lipinski definition) is 3. The molecule has 1 amide bonds. The molecule has 2 aromatic rings. The zero-order valence-electron chi connectivity index (χ0n) is 11.8. The number of pyridine rings is 1. The van der Waals surface area contributed by atoms with Gasteiger partial charge in [0, 0.05) is 6.20 Å². The van der Waals surface area contributed by atoms with Gasteiger partial charge in [-0.2, -0.15) is 0 Å². The maximum Gasteiger partial charge on any atom is 0.241 e. The molecular formula is C16H18ClN3O. The molecular weight excluding hydrogens is 286 g/mol. The number of rotatable bonds is 5. The molecule has 1 atom stereocenters. The highest BCUT2D eigenvalue weighted by Crippen LogP contribution is 2.20. The molecule has 0 spiro atoms. The summed E-state index contributed by atoms with van der Waals surface area (Å²) in [4.78, 5) is 16.1. The number of nitrogens with zero attached hydrogens (tertiary/aromatic N) is 1. The van der Waals surface area contributed by atoms with Crippen molar-refractivity contribution < 1.29 is 4.79 Å². The van der Waals surface area contributed by atoms with Gasteiger partial charge in [0.1, 0.15) is 0 Å². The van der Waals surface area contributed by atoms with Crippen molar-refractivity contribution >= 4 is 23.2 Å². The van der Waals surface area contributed by atoms with Crippen LogP contribution in [0.3, 0.4) is 0 Å². The van der Waals surface area contributed by atoms with Crippen molar-refractivity contribution in [3.63, 3.8) is 0 Å². The Kier molecular flexibility index (Phi) is 5.31. The van der Waals surface area contributed by atoms with Crippen molar-refractivity contribution in [3.05, 3.63) is 58.9 Å². The molecule has 5 heteroatoms. The van der Waals surface area contributed by atoms with Crippen molar-refractivity contribution in [2.24, 2.45) is 5.73 Å². The van der Waals surface area contributed by atoms with Crippen LogP contribution in [0.15, 0.2) is 42.6 Å². The van der Waals surface area contributed by atoms with Gasteiger partial charge < -0.3 is 11.1 Å². The van der Waals surface area contributed by atoms with Crippen LogP contribution >= 0.6 is 11.6 Å². The van der Waals surface area contributed by atoms with Crippen LogP contribution < -0.4 is 11.1 Å². The second-order valence-electron chi connectivity index (χ2n) is 4.97. The number of hydrogen-bond donors (Lipinski definition) is 2.